The number of hydrogen-bond acceptors (Lipinski definition) is 4. The Labute approximate surface area is 371 Å². The predicted octanol–water partition coefficient (Wildman–Crippen LogP) is 13.4. The maximum Gasteiger partial charge on any atom is 0.120 e. The van der Waals surface area contributed by atoms with Crippen molar-refractivity contribution < 1.29 is 32.7 Å². The number of nitrogens with zero attached hydrogens (tertiary/aromatic N) is 4. The van der Waals surface area contributed by atoms with E-state index in [2.05, 4.69) is 116 Å². The van der Waals surface area contributed by atoms with E-state index in [0.717, 1.165) is 38.9 Å². The summed E-state index contributed by atoms with van der Waals surface area (Å²) in [7, 11) is -1.34. The average molecular weight is 973 g/mol. The van der Waals surface area contributed by atoms with E-state index >= 15 is 0 Å². The number of benzene rings is 5. The fraction of sp³-hybridized carbons (Fsp3) is 0.212. The normalized spacial score (nSPS) is 13.6. The number of aromatic nitrogens is 4. The molecule has 0 saturated heterocycles. The van der Waals surface area contributed by atoms with Gasteiger partial charge in [-0.25, -0.2) is 0 Å². The summed E-state index contributed by atoms with van der Waals surface area (Å²) >= 11 is 0. The molecule has 0 saturated carbocycles. The summed E-state index contributed by atoms with van der Waals surface area (Å²) in [6, 6.07) is 41.4. The van der Waals surface area contributed by atoms with Crippen LogP contribution in [0.4, 0.5) is 0 Å². The Balaban J connectivity index is 0.000000253. The van der Waals surface area contributed by atoms with E-state index in [1.54, 1.807) is 24.4 Å². The van der Waals surface area contributed by atoms with Crippen molar-refractivity contribution in [2.24, 2.45) is 0 Å². The number of furan rings is 1. The number of hydrogen-bond donors (Lipinski definition) is 0. The Kier molecular flexibility index (Phi) is 9.93. The summed E-state index contributed by atoms with van der Waals surface area (Å²) in [4.78, 5) is 14.1. The first-order valence-corrected chi connectivity index (χ1v) is 23.2. The SMILES string of the molecule is [2H]C([2H])([2H])c1c[c-]c(-c2ccc([Si](C)(C)C)cn2)cc1.[2H]C([2H])([2H])c1c[c-]c(-c2nc3ccncc3n2-c2c(C(C)C)cc(-c3ccccc3)cc2C(C)C)c2oc3ccccc3c12.[Ir]. The molecule has 7 heteroatoms. The van der Waals surface area contributed by atoms with Crippen LogP contribution in [0.5, 0.6) is 0 Å². The first-order valence-electron chi connectivity index (χ1n) is 22.7. The minimum Gasteiger partial charge on any atom is -0.501 e. The molecule has 0 amide bonds. The molecule has 9 aromatic rings. The van der Waals surface area contributed by atoms with Gasteiger partial charge in [-0.2, -0.15) is 0 Å². The second-order valence-corrected chi connectivity index (χ2v) is 21.4. The van der Waals surface area contributed by atoms with Gasteiger partial charge in [-0.05, 0) is 69.2 Å². The van der Waals surface area contributed by atoms with Crippen LogP contribution in [0.2, 0.25) is 19.6 Å². The number of aryl methyl sites for hydroxylation is 2. The Morgan fingerprint density at radius 3 is 2.15 bits per heavy atom. The van der Waals surface area contributed by atoms with Gasteiger partial charge in [-0.3, -0.25) is 9.97 Å². The number of imidazole rings is 1. The van der Waals surface area contributed by atoms with Gasteiger partial charge < -0.3 is 14.0 Å². The molecular weight excluding hydrogens is 917 g/mol. The van der Waals surface area contributed by atoms with E-state index in [1.807, 2.05) is 54.9 Å². The standard InChI is InChI=1S/C37H32N3O.C15H18NSi.Ir/c1-22(2)29-19-26(25-11-7-6-8-12-25)20-30(23(3)4)35(29)40-32-21-38-18-17-31(32)39-37(40)28-16-15-24(5)34-27-13-9-10-14-33(27)41-36(28)34;1-12-5-7-13(8-6-12)15-10-9-14(11-16-15)17(2,3)4;/h6-15,17-23H,1-5H3;5-7,9-11H,1-4H3;/q2*-1;/i5D3;1D3;. The second-order valence-electron chi connectivity index (χ2n) is 16.4. The van der Waals surface area contributed by atoms with Crippen molar-refractivity contribution in [1.82, 2.24) is 19.5 Å². The molecule has 5 aromatic carbocycles. The Bertz CT molecular complexity index is 3030. The third-order valence-electron chi connectivity index (χ3n) is 10.6. The minimum absolute atomic E-state index is 0. The van der Waals surface area contributed by atoms with Crippen molar-refractivity contribution in [3.63, 3.8) is 0 Å². The van der Waals surface area contributed by atoms with Gasteiger partial charge in [-0.15, -0.1) is 53.1 Å². The Morgan fingerprint density at radius 1 is 0.763 bits per heavy atom. The molecule has 0 bridgehead atoms. The number of fused-ring (bicyclic) bond motifs is 4. The van der Waals surface area contributed by atoms with Gasteiger partial charge >= 0.3 is 0 Å². The zero-order valence-corrected chi connectivity index (χ0v) is 37.7. The quantitative estimate of drug-likeness (QED) is 0.118. The zero-order chi connectivity index (χ0) is 45.7. The van der Waals surface area contributed by atoms with Gasteiger partial charge in [-0.1, -0.05) is 133 Å². The van der Waals surface area contributed by atoms with Gasteiger partial charge in [0.25, 0.3) is 0 Å². The molecule has 5 nitrogen and oxygen atoms in total. The fourth-order valence-electron chi connectivity index (χ4n) is 7.45. The van der Waals surface area contributed by atoms with Crippen LogP contribution in [-0.4, -0.2) is 27.6 Å². The monoisotopic (exact) mass is 973 g/mol. The molecule has 59 heavy (non-hydrogen) atoms. The van der Waals surface area contributed by atoms with Crippen LogP contribution >= 0.6 is 0 Å². The summed E-state index contributed by atoms with van der Waals surface area (Å²) in [5.74, 6) is 1.02. The summed E-state index contributed by atoms with van der Waals surface area (Å²) in [6.07, 6.45) is 5.51. The molecule has 299 valence electrons. The number of rotatable bonds is 7. The third-order valence-corrected chi connectivity index (χ3v) is 12.6. The summed E-state index contributed by atoms with van der Waals surface area (Å²) < 4.78 is 55.5. The van der Waals surface area contributed by atoms with E-state index < -0.39 is 21.8 Å². The van der Waals surface area contributed by atoms with E-state index in [4.69, 9.17) is 17.6 Å². The molecule has 0 unspecified atom stereocenters. The maximum atomic E-state index is 8.29. The minimum atomic E-state index is -2.34. The molecule has 4 heterocycles. The van der Waals surface area contributed by atoms with Crippen LogP contribution in [0.3, 0.4) is 0 Å². The summed E-state index contributed by atoms with van der Waals surface area (Å²) in [5, 5.41) is 2.63. The van der Waals surface area contributed by atoms with Gasteiger partial charge in [0.1, 0.15) is 5.58 Å². The maximum absolute atomic E-state index is 8.29. The van der Waals surface area contributed by atoms with Crippen LogP contribution in [-0.2, 0) is 20.1 Å². The topological polar surface area (TPSA) is 56.7 Å². The molecule has 0 aliphatic heterocycles. The van der Waals surface area contributed by atoms with Crippen molar-refractivity contribution in [3.8, 4) is 39.5 Å². The molecule has 0 N–H and O–H groups in total. The van der Waals surface area contributed by atoms with Gasteiger partial charge in [0, 0.05) is 51.8 Å². The number of para-hydroxylation sites is 1. The van der Waals surface area contributed by atoms with Crippen molar-refractivity contribution in [2.75, 3.05) is 0 Å². The molecule has 0 aliphatic carbocycles. The van der Waals surface area contributed by atoms with Crippen LogP contribution in [0.25, 0.3) is 72.4 Å². The summed E-state index contributed by atoms with van der Waals surface area (Å²) in [6.45, 7) is 11.3. The third kappa shape index (κ3) is 8.25. The average Bonchev–Trinajstić information content (AvgIpc) is 3.84. The number of pyridine rings is 2. The van der Waals surface area contributed by atoms with Crippen LogP contribution in [0.1, 0.15) is 70.0 Å². The first kappa shape index (κ1) is 34.4. The second kappa shape index (κ2) is 17.0. The van der Waals surface area contributed by atoms with Crippen LogP contribution in [0, 0.1) is 25.8 Å². The molecule has 0 aliphatic rings. The van der Waals surface area contributed by atoms with Crippen molar-refractivity contribution in [3.05, 3.63) is 162 Å². The molecule has 0 fully saturated rings. The van der Waals surface area contributed by atoms with Gasteiger partial charge in [0.2, 0.25) is 0 Å². The molecule has 0 atom stereocenters. The Hall–Kier alpha value is -5.46. The van der Waals surface area contributed by atoms with Crippen molar-refractivity contribution >= 4 is 46.2 Å². The first-order chi connectivity index (χ1) is 30.3. The molecule has 4 aromatic heterocycles. The van der Waals surface area contributed by atoms with Crippen LogP contribution < -0.4 is 5.19 Å². The smallest absolute Gasteiger partial charge is 0.120 e. The van der Waals surface area contributed by atoms with Crippen LogP contribution in [0.15, 0.2) is 132 Å². The predicted molar refractivity (Wildman–Crippen MR) is 245 cm³/mol. The van der Waals surface area contributed by atoms with Gasteiger partial charge in [0.15, 0.2) is 0 Å². The van der Waals surface area contributed by atoms with E-state index in [0.29, 0.717) is 33.5 Å². The Morgan fingerprint density at radius 2 is 1.51 bits per heavy atom. The fourth-order valence-corrected chi connectivity index (χ4v) is 8.49. The van der Waals surface area contributed by atoms with Gasteiger partial charge in [0.05, 0.1) is 36.7 Å². The molecule has 9 rings (SSSR count). The summed E-state index contributed by atoms with van der Waals surface area (Å²) in [5.41, 5.74) is 11.2. The molecule has 0 spiro atoms. The zero-order valence-electron chi connectivity index (χ0n) is 40.3. The van der Waals surface area contributed by atoms with Crippen molar-refractivity contribution in [2.45, 2.75) is 72.9 Å². The van der Waals surface area contributed by atoms with Crippen molar-refractivity contribution in [1.29, 1.82) is 0 Å². The molecule has 1 radical (unpaired) electrons. The van der Waals surface area contributed by atoms with E-state index in [1.165, 1.54) is 27.9 Å². The molecular formula is C52H50IrN4OSi-2. The van der Waals surface area contributed by atoms with E-state index in [9.17, 15) is 0 Å². The van der Waals surface area contributed by atoms with E-state index in [-0.39, 0.29) is 37.5 Å². The largest absolute Gasteiger partial charge is 0.501 e.